The van der Waals surface area contributed by atoms with E-state index in [9.17, 15) is 4.79 Å². The van der Waals surface area contributed by atoms with Crippen LogP contribution in [0.4, 0.5) is 5.69 Å². The molecule has 166 valence electrons. The smallest absolute Gasteiger partial charge is 0.247 e. The second-order valence-electron chi connectivity index (χ2n) is 7.65. The van der Waals surface area contributed by atoms with Crippen LogP contribution in [-0.4, -0.2) is 26.8 Å². The first kappa shape index (κ1) is 22.3. The van der Waals surface area contributed by atoms with Gasteiger partial charge < -0.3 is 4.74 Å². The van der Waals surface area contributed by atoms with Crippen molar-refractivity contribution in [3.8, 4) is 17.1 Å². The van der Waals surface area contributed by atoms with Crippen molar-refractivity contribution in [2.75, 3.05) is 10.7 Å². The van der Waals surface area contributed by atoms with Crippen LogP contribution in [0.2, 0.25) is 0 Å². The van der Waals surface area contributed by atoms with Crippen molar-refractivity contribution < 1.29 is 9.53 Å². The third-order valence-corrected chi connectivity index (χ3v) is 6.41. The SMILES string of the molecule is CCCCSc1nnc2c(n1)OC(c1ccc(CC)cc1)N(C(=O)CC)c1ccccc1-2. The lowest BCUT2D eigenvalue weighted by atomic mass is 10.1. The van der Waals surface area contributed by atoms with Crippen LogP contribution in [0.1, 0.15) is 57.4 Å². The first-order chi connectivity index (χ1) is 15.7. The third kappa shape index (κ3) is 4.48. The summed E-state index contributed by atoms with van der Waals surface area (Å²) in [6.45, 7) is 6.14. The summed E-state index contributed by atoms with van der Waals surface area (Å²) >= 11 is 1.57. The molecule has 6 nitrogen and oxygen atoms in total. The monoisotopic (exact) mass is 448 g/mol. The van der Waals surface area contributed by atoms with Gasteiger partial charge in [-0.2, -0.15) is 4.98 Å². The lowest BCUT2D eigenvalue weighted by Gasteiger charge is -2.30. The van der Waals surface area contributed by atoms with Gasteiger partial charge in [0.25, 0.3) is 0 Å². The van der Waals surface area contributed by atoms with Gasteiger partial charge in [0.2, 0.25) is 23.2 Å². The van der Waals surface area contributed by atoms with Gasteiger partial charge >= 0.3 is 0 Å². The number of carbonyl (C=O) groups excluding carboxylic acids is 1. The van der Waals surface area contributed by atoms with E-state index in [-0.39, 0.29) is 5.91 Å². The lowest BCUT2D eigenvalue weighted by Crippen LogP contribution is -2.37. The number of amides is 1. The number of carbonyl (C=O) groups is 1. The van der Waals surface area contributed by atoms with Crippen molar-refractivity contribution >= 4 is 23.4 Å². The van der Waals surface area contributed by atoms with Gasteiger partial charge in [-0.05, 0) is 24.5 Å². The maximum atomic E-state index is 13.2. The van der Waals surface area contributed by atoms with E-state index >= 15 is 0 Å². The van der Waals surface area contributed by atoms with E-state index in [1.54, 1.807) is 16.7 Å². The third-order valence-electron chi connectivity index (χ3n) is 5.49. The molecule has 32 heavy (non-hydrogen) atoms. The van der Waals surface area contributed by atoms with Crippen molar-refractivity contribution in [1.82, 2.24) is 15.2 Å². The van der Waals surface area contributed by atoms with Crippen molar-refractivity contribution in [2.45, 2.75) is 57.8 Å². The molecule has 4 rings (SSSR count). The number of anilines is 1. The molecule has 1 aliphatic heterocycles. The quantitative estimate of drug-likeness (QED) is 0.335. The molecule has 2 heterocycles. The zero-order chi connectivity index (χ0) is 22.5. The fourth-order valence-electron chi connectivity index (χ4n) is 3.66. The van der Waals surface area contributed by atoms with E-state index in [1.165, 1.54) is 5.56 Å². The summed E-state index contributed by atoms with van der Waals surface area (Å²) in [6, 6.07) is 15.9. The van der Waals surface area contributed by atoms with E-state index in [0.29, 0.717) is 23.2 Å². The Morgan fingerprint density at radius 1 is 1.06 bits per heavy atom. The number of ether oxygens (including phenoxy) is 1. The number of unbranched alkanes of at least 4 members (excludes halogenated alkanes) is 1. The number of hydrogen-bond donors (Lipinski definition) is 0. The van der Waals surface area contributed by atoms with E-state index in [0.717, 1.165) is 41.8 Å². The second kappa shape index (κ2) is 10.1. The molecule has 1 aromatic heterocycles. The molecule has 0 spiro atoms. The normalized spacial score (nSPS) is 14.8. The molecule has 0 fully saturated rings. The Balaban J connectivity index is 1.84. The van der Waals surface area contributed by atoms with Gasteiger partial charge in [0.1, 0.15) is 0 Å². The summed E-state index contributed by atoms with van der Waals surface area (Å²) < 4.78 is 6.46. The lowest BCUT2D eigenvalue weighted by molar-refractivity contribution is -0.120. The predicted octanol–water partition coefficient (Wildman–Crippen LogP) is 5.83. The van der Waals surface area contributed by atoms with Gasteiger partial charge in [0.15, 0.2) is 5.69 Å². The summed E-state index contributed by atoms with van der Waals surface area (Å²) in [4.78, 5) is 19.6. The van der Waals surface area contributed by atoms with Gasteiger partial charge in [-0.15, -0.1) is 10.2 Å². The summed E-state index contributed by atoms with van der Waals surface area (Å²) in [6.07, 6.45) is 2.86. The van der Waals surface area contributed by atoms with Gasteiger partial charge in [0.05, 0.1) is 5.69 Å². The molecule has 0 N–H and O–H groups in total. The molecule has 1 amide bonds. The number of para-hydroxylation sites is 1. The highest BCUT2D eigenvalue weighted by atomic mass is 32.2. The summed E-state index contributed by atoms with van der Waals surface area (Å²) in [5, 5.41) is 9.40. The summed E-state index contributed by atoms with van der Waals surface area (Å²) in [5.41, 5.74) is 4.23. The van der Waals surface area contributed by atoms with Crippen LogP contribution in [0.15, 0.2) is 53.7 Å². The van der Waals surface area contributed by atoms with Crippen molar-refractivity contribution in [3.05, 3.63) is 59.7 Å². The molecular formula is C25H28N4O2S. The van der Waals surface area contributed by atoms with Gasteiger partial charge in [-0.25, -0.2) is 0 Å². The molecule has 1 atom stereocenters. The molecule has 1 aliphatic rings. The van der Waals surface area contributed by atoms with Crippen LogP contribution >= 0.6 is 11.8 Å². The van der Waals surface area contributed by atoms with Crippen LogP contribution in [0.3, 0.4) is 0 Å². The largest absolute Gasteiger partial charge is 0.447 e. The number of nitrogens with zero attached hydrogens (tertiary/aromatic N) is 4. The Labute approximate surface area is 193 Å². The number of aromatic nitrogens is 3. The average molecular weight is 449 g/mol. The number of aryl methyl sites for hydroxylation is 1. The Kier molecular flexibility index (Phi) is 7.05. The van der Waals surface area contributed by atoms with Gasteiger partial charge in [0, 0.05) is 23.3 Å². The highest BCUT2D eigenvalue weighted by molar-refractivity contribution is 7.99. The minimum Gasteiger partial charge on any atom is -0.447 e. The molecule has 0 radical (unpaired) electrons. The minimum atomic E-state index is -0.638. The topological polar surface area (TPSA) is 68.2 Å². The number of thioether (sulfide) groups is 1. The highest BCUT2D eigenvalue weighted by Gasteiger charge is 2.35. The fourth-order valence-corrected chi connectivity index (χ4v) is 4.52. The zero-order valence-corrected chi connectivity index (χ0v) is 19.6. The van der Waals surface area contributed by atoms with E-state index in [1.807, 2.05) is 43.3 Å². The number of rotatable bonds is 7. The van der Waals surface area contributed by atoms with Crippen LogP contribution in [0.25, 0.3) is 11.3 Å². The number of fused-ring (bicyclic) bond motifs is 3. The molecule has 0 saturated carbocycles. The van der Waals surface area contributed by atoms with Crippen molar-refractivity contribution in [3.63, 3.8) is 0 Å². The molecule has 7 heteroatoms. The Hall–Kier alpha value is -2.93. The summed E-state index contributed by atoms with van der Waals surface area (Å²) in [5.74, 6) is 1.30. The van der Waals surface area contributed by atoms with E-state index in [4.69, 9.17) is 9.72 Å². The molecule has 2 aromatic carbocycles. The zero-order valence-electron chi connectivity index (χ0n) is 18.7. The molecule has 0 bridgehead atoms. The highest BCUT2D eigenvalue weighted by Crippen LogP contribution is 2.43. The first-order valence-corrected chi connectivity index (χ1v) is 12.2. The van der Waals surface area contributed by atoms with Gasteiger partial charge in [-0.1, -0.05) is 81.4 Å². The molecular weight excluding hydrogens is 420 g/mol. The van der Waals surface area contributed by atoms with Crippen LogP contribution in [-0.2, 0) is 11.2 Å². The first-order valence-electron chi connectivity index (χ1n) is 11.2. The minimum absolute atomic E-state index is 0.0275. The van der Waals surface area contributed by atoms with Crippen LogP contribution < -0.4 is 9.64 Å². The number of hydrogen-bond acceptors (Lipinski definition) is 6. The standard InChI is InChI=1S/C25H28N4O2S/c1-4-7-16-32-25-26-23-22(27-28-25)19-10-8-9-11-20(19)29(21(30)6-3)24(31-23)18-14-12-17(5-2)13-15-18/h8-15,24H,4-7,16H2,1-3H3. The average Bonchev–Trinajstić information content (AvgIpc) is 2.98. The maximum absolute atomic E-state index is 13.2. The Morgan fingerprint density at radius 2 is 1.84 bits per heavy atom. The molecule has 0 saturated heterocycles. The number of benzene rings is 2. The van der Waals surface area contributed by atoms with Crippen LogP contribution in [0, 0.1) is 0 Å². The second-order valence-corrected chi connectivity index (χ2v) is 8.71. The van der Waals surface area contributed by atoms with Crippen LogP contribution in [0.5, 0.6) is 5.88 Å². The Bertz CT molecular complexity index is 1090. The maximum Gasteiger partial charge on any atom is 0.247 e. The van der Waals surface area contributed by atoms with Gasteiger partial charge in [-0.3, -0.25) is 9.69 Å². The summed E-state index contributed by atoms with van der Waals surface area (Å²) in [7, 11) is 0. The van der Waals surface area contributed by atoms with E-state index < -0.39 is 6.23 Å². The molecule has 1 unspecified atom stereocenters. The van der Waals surface area contributed by atoms with E-state index in [2.05, 4.69) is 36.2 Å². The Morgan fingerprint density at radius 3 is 2.56 bits per heavy atom. The molecule has 3 aromatic rings. The fraction of sp³-hybridized carbons (Fsp3) is 0.360. The predicted molar refractivity (Wildman–Crippen MR) is 128 cm³/mol. The molecule has 0 aliphatic carbocycles. The van der Waals surface area contributed by atoms with Crippen molar-refractivity contribution in [1.29, 1.82) is 0 Å². The van der Waals surface area contributed by atoms with Crippen molar-refractivity contribution in [2.24, 2.45) is 0 Å².